The van der Waals surface area contributed by atoms with E-state index < -0.39 is 5.97 Å². The van der Waals surface area contributed by atoms with Gasteiger partial charge in [0, 0.05) is 17.1 Å². The van der Waals surface area contributed by atoms with E-state index >= 15 is 0 Å². The van der Waals surface area contributed by atoms with E-state index in [0.29, 0.717) is 5.56 Å². The lowest BCUT2D eigenvalue weighted by Crippen LogP contribution is -2.10. The number of rotatable bonds is 3. The van der Waals surface area contributed by atoms with E-state index in [1.165, 1.54) is 12.7 Å². The van der Waals surface area contributed by atoms with Crippen molar-refractivity contribution in [3.63, 3.8) is 0 Å². The van der Waals surface area contributed by atoms with Crippen molar-refractivity contribution in [2.75, 3.05) is 14.2 Å². The van der Waals surface area contributed by atoms with E-state index in [4.69, 9.17) is 9.47 Å². The molecule has 134 valence electrons. The Bertz CT molecular complexity index is 954. The van der Waals surface area contributed by atoms with Gasteiger partial charge in [-0.1, -0.05) is 45.0 Å². The summed E-state index contributed by atoms with van der Waals surface area (Å²) in [6.45, 7) is 6.58. The molecule has 0 aliphatic heterocycles. The summed E-state index contributed by atoms with van der Waals surface area (Å²) in [6, 6.07) is 14.1. The molecular formula is C22H23NO3. The van der Waals surface area contributed by atoms with Gasteiger partial charge in [0.2, 0.25) is 0 Å². The van der Waals surface area contributed by atoms with E-state index in [1.54, 1.807) is 19.4 Å². The van der Waals surface area contributed by atoms with Crippen molar-refractivity contribution in [1.29, 1.82) is 0 Å². The number of hydrogen-bond donors (Lipinski definition) is 0. The molecule has 0 N–H and O–H groups in total. The lowest BCUT2D eigenvalue weighted by Gasteiger charge is -2.19. The second-order valence-electron chi connectivity index (χ2n) is 7.29. The highest BCUT2D eigenvalue weighted by atomic mass is 16.5. The minimum atomic E-state index is -0.404. The van der Waals surface area contributed by atoms with Crippen LogP contribution in [0.5, 0.6) is 5.75 Å². The molecule has 0 spiro atoms. The maximum absolute atomic E-state index is 11.8. The van der Waals surface area contributed by atoms with Crippen LogP contribution in [0, 0.1) is 0 Å². The maximum Gasteiger partial charge on any atom is 0.339 e. The number of ether oxygens (including phenoxy) is 2. The van der Waals surface area contributed by atoms with E-state index in [-0.39, 0.29) is 5.41 Å². The van der Waals surface area contributed by atoms with Crippen molar-refractivity contribution in [2.45, 2.75) is 26.2 Å². The monoisotopic (exact) mass is 349 g/mol. The zero-order valence-corrected chi connectivity index (χ0v) is 15.8. The molecule has 0 aliphatic carbocycles. The Morgan fingerprint density at radius 1 is 1.00 bits per heavy atom. The molecule has 1 aromatic heterocycles. The molecule has 0 atom stereocenters. The summed E-state index contributed by atoms with van der Waals surface area (Å²) < 4.78 is 10.2. The van der Waals surface area contributed by atoms with E-state index in [1.807, 2.05) is 12.1 Å². The second-order valence-corrected chi connectivity index (χ2v) is 7.29. The highest BCUT2D eigenvalue weighted by molar-refractivity contribution is 5.99. The zero-order valence-electron chi connectivity index (χ0n) is 15.8. The molecule has 1 heterocycles. The number of aromatic nitrogens is 1. The minimum Gasteiger partial charge on any atom is -0.497 e. The van der Waals surface area contributed by atoms with Crippen molar-refractivity contribution in [3.8, 4) is 16.9 Å². The molecule has 2 aromatic carbocycles. The van der Waals surface area contributed by atoms with Gasteiger partial charge in [0.25, 0.3) is 0 Å². The lowest BCUT2D eigenvalue weighted by atomic mass is 9.86. The summed E-state index contributed by atoms with van der Waals surface area (Å²) >= 11 is 0. The van der Waals surface area contributed by atoms with Crippen LogP contribution in [0.15, 0.2) is 48.7 Å². The third-order valence-electron chi connectivity index (χ3n) is 4.48. The van der Waals surface area contributed by atoms with Gasteiger partial charge in [-0.25, -0.2) is 4.79 Å². The average molecular weight is 349 g/mol. The topological polar surface area (TPSA) is 48.4 Å². The summed E-state index contributed by atoms with van der Waals surface area (Å²) in [7, 11) is 2.99. The minimum absolute atomic E-state index is 0.0998. The molecule has 0 aliphatic rings. The Morgan fingerprint density at radius 3 is 2.27 bits per heavy atom. The molecule has 3 aromatic rings. The summed E-state index contributed by atoms with van der Waals surface area (Å²) in [4.78, 5) is 16.3. The molecule has 26 heavy (non-hydrogen) atoms. The van der Waals surface area contributed by atoms with E-state index in [0.717, 1.165) is 27.8 Å². The number of carbonyl (C=O) groups is 1. The third-order valence-corrected chi connectivity index (χ3v) is 4.48. The predicted octanol–water partition coefficient (Wildman–Crippen LogP) is 4.99. The van der Waals surface area contributed by atoms with Crippen LogP contribution in [-0.4, -0.2) is 25.2 Å². The van der Waals surface area contributed by atoms with E-state index in [2.05, 4.69) is 50.0 Å². The largest absolute Gasteiger partial charge is 0.497 e. The quantitative estimate of drug-likeness (QED) is 0.625. The fourth-order valence-electron chi connectivity index (χ4n) is 2.94. The Kier molecular flexibility index (Phi) is 4.68. The van der Waals surface area contributed by atoms with Crippen molar-refractivity contribution in [1.82, 2.24) is 4.98 Å². The summed E-state index contributed by atoms with van der Waals surface area (Å²) in [6.07, 6.45) is 1.55. The van der Waals surface area contributed by atoms with Crippen LogP contribution >= 0.6 is 0 Å². The fraction of sp³-hybridized carbons (Fsp3) is 0.273. The zero-order chi connectivity index (χ0) is 18.9. The first-order valence-electron chi connectivity index (χ1n) is 8.50. The standard InChI is InChI=1S/C22H23NO3/c1-22(2,3)17-8-6-14(7-9-17)19-12-18(25-4)11-15-10-16(21(24)26-5)13-23-20(15)19/h6-13H,1-5H3. The molecule has 0 saturated heterocycles. The van der Waals surface area contributed by atoms with Crippen LogP contribution in [0.1, 0.15) is 36.7 Å². The molecule has 0 bridgehead atoms. The van der Waals surface area contributed by atoms with Gasteiger partial charge >= 0.3 is 5.97 Å². The molecule has 0 saturated carbocycles. The van der Waals surface area contributed by atoms with Crippen molar-refractivity contribution >= 4 is 16.9 Å². The fourth-order valence-corrected chi connectivity index (χ4v) is 2.94. The number of nitrogens with zero attached hydrogens (tertiary/aromatic N) is 1. The summed E-state index contributed by atoms with van der Waals surface area (Å²) in [5, 5.41) is 0.835. The number of hydrogen-bond acceptors (Lipinski definition) is 4. The maximum atomic E-state index is 11.8. The van der Waals surface area contributed by atoms with Crippen LogP contribution in [0.4, 0.5) is 0 Å². The number of carbonyl (C=O) groups excluding carboxylic acids is 1. The Balaban J connectivity index is 2.17. The second kappa shape index (κ2) is 6.79. The van der Waals surface area contributed by atoms with Gasteiger partial charge < -0.3 is 9.47 Å². The Hall–Kier alpha value is -2.88. The Morgan fingerprint density at radius 2 is 1.69 bits per heavy atom. The number of benzene rings is 2. The van der Waals surface area contributed by atoms with Crippen molar-refractivity contribution in [2.24, 2.45) is 0 Å². The number of esters is 1. The lowest BCUT2D eigenvalue weighted by molar-refractivity contribution is 0.0600. The van der Waals surface area contributed by atoms with Crippen LogP contribution < -0.4 is 4.74 Å². The number of methoxy groups -OCH3 is 2. The first-order valence-corrected chi connectivity index (χ1v) is 8.50. The molecular weight excluding hydrogens is 326 g/mol. The van der Waals surface area contributed by atoms with Crippen LogP contribution in [0.25, 0.3) is 22.0 Å². The highest BCUT2D eigenvalue weighted by Crippen LogP contribution is 2.33. The van der Waals surface area contributed by atoms with E-state index in [9.17, 15) is 4.79 Å². The normalized spacial score (nSPS) is 11.4. The van der Waals surface area contributed by atoms with Gasteiger partial charge in [-0.05, 0) is 34.7 Å². The third kappa shape index (κ3) is 3.40. The molecule has 4 nitrogen and oxygen atoms in total. The molecule has 0 radical (unpaired) electrons. The molecule has 0 unspecified atom stereocenters. The predicted molar refractivity (Wildman–Crippen MR) is 104 cm³/mol. The highest BCUT2D eigenvalue weighted by Gasteiger charge is 2.15. The molecule has 0 fully saturated rings. The van der Waals surface area contributed by atoms with Gasteiger partial charge in [0.1, 0.15) is 5.75 Å². The van der Waals surface area contributed by atoms with Crippen LogP contribution in [0.3, 0.4) is 0 Å². The summed E-state index contributed by atoms with van der Waals surface area (Å²) in [5.74, 6) is 0.314. The SMILES string of the molecule is COC(=O)c1cnc2c(-c3ccc(C(C)(C)C)cc3)cc(OC)cc2c1. The average Bonchev–Trinajstić information content (AvgIpc) is 2.65. The van der Waals surface area contributed by atoms with Crippen molar-refractivity contribution in [3.05, 3.63) is 59.8 Å². The van der Waals surface area contributed by atoms with Gasteiger partial charge in [-0.2, -0.15) is 0 Å². The van der Waals surface area contributed by atoms with Gasteiger partial charge in [0.05, 0.1) is 25.3 Å². The first-order chi connectivity index (χ1) is 12.3. The molecule has 3 rings (SSSR count). The van der Waals surface area contributed by atoms with Gasteiger partial charge in [0.15, 0.2) is 0 Å². The Labute approximate surface area is 153 Å². The van der Waals surface area contributed by atoms with Crippen molar-refractivity contribution < 1.29 is 14.3 Å². The van der Waals surface area contributed by atoms with Gasteiger partial charge in [-0.15, -0.1) is 0 Å². The molecule has 0 amide bonds. The van der Waals surface area contributed by atoms with Crippen LogP contribution in [0.2, 0.25) is 0 Å². The summed E-state index contributed by atoms with van der Waals surface area (Å²) in [5.41, 5.74) is 4.64. The smallest absolute Gasteiger partial charge is 0.339 e. The first kappa shape index (κ1) is 17.9. The van der Waals surface area contributed by atoms with Gasteiger partial charge in [-0.3, -0.25) is 4.98 Å². The number of pyridine rings is 1. The number of fused-ring (bicyclic) bond motifs is 1. The van der Waals surface area contributed by atoms with Crippen LogP contribution in [-0.2, 0) is 10.2 Å². The molecule has 4 heteroatoms.